The van der Waals surface area contributed by atoms with Gasteiger partial charge in [0.25, 0.3) is 0 Å². The van der Waals surface area contributed by atoms with Crippen LogP contribution in [0.25, 0.3) is 0 Å². The molecule has 1 aliphatic carbocycles. The first kappa shape index (κ1) is 10.4. The van der Waals surface area contributed by atoms with Crippen molar-refractivity contribution in [1.29, 1.82) is 0 Å². The van der Waals surface area contributed by atoms with E-state index in [0.717, 1.165) is 11.4 Å². The number of anilines is 1. The number of aliphatic hydroxyl groups excluding tert-OH is 1. The van der Waals surface area contributed by atoms with Crippen LogP contribution in [0.15, 0.2) is 18.3 Å². The van der Waals surface area contributed by atoms with Crippen LogP contribution in [0.5, 0.6) is 0 Å². The van der Waals surface area contributed by atoms with Gasteiger partial charge in [0.15, 0.2) is 0 Å². The van der Waals surface area contributed by atoms with Gasteiger partial charge in [-0.25, -0.2) is 0 Å². The molecule has 1 heterocycles. The van der Waals surface area contributed by atoms with Crippen molar-refractivity contribution in [3.05, 3.63) is 24.0 Å². The third-order valence-electron chi connectivity index (χ3n) is 3.23. The zero-order valence-corrected chi connectivity index (χ0v) is 9.35. The molecule has 0 aliphatic heterocycles. The van der Waals surface area contributed by atoms with Crippen LogP contribution in [0.3, 0.4) is 0 Å². The summed E-state index contributed by atoms with van der Waals surface area (Å²) in [6, 6.07) is 4.62. The topological polar surface area (TPSA) is 36.4 Å². The fourth-order valence-electron chi connectivity index (χ4n) is 1.84. The molecule has 1 aliphatic rings. The second-order valence-corrected chi connectivity index (χ2v) is 4.31. The highest BCUT2D eigenvalue weighted by Crippen LogP contribution is 2.27. The number of hydrogen-bond donors (Lipinski definition) is 1. The Bertz CT molecular complexity index is 317. The van der Waals surface area contributed by atoms with Gasteiger partial charge in [-0.3, -0.25) is 4.98 Å². The first-order valence-corrected chi connectivity index (χ1v) is 5.55. The Kier molecular flexibility index (Phi) is 2.91. The van der Waals surface area contributed by atoms with Crippen LogP contribution in [-0.2, 0) is 0 Å². The Balaban J connectivity index is 2.08. The Morgan fingerprint density at radius 2 is 2.20 bits per heavy atom. The summed E-state index contributed by atoms with van der Waals surface area (Å²) in [4.78, 5) is 6.53. The van der Waals surface area contributed by atoms with Gasteiger partial charge in [0.2, 0.25) is 0 Å². The highest BCUT2D eigenvalue weighted by atomic mass is 16.3. The lowest BCUT2D eigenvalue weighted by Gasteiger charge is -2.36. The molecule has 3 nitrogen and oxygen atoms in total. The Labute approximate surface area is 90.8 Å². The second-order valence-electron chi connectivity index (χ2n) is 4.31. The van der Waals surface area contributed by atoms with Crippen molar-refractivity contribution < 1.29 is 5.11 Å². The summed E-state index contributed by atoms with van der Waals surface area (Å²) < 4.78 is 0. The SMILES string of the molecule is C[C@@H](O)c1ccc(N(C)C2CCC2)cn1. The fourth-order valence-corrected chi connectivity index (χ4v) is 1.84. The van der Waals surface area contributed by atoms with Crippen LogP contribution in [0.4, 0.5) is 5.69 Å². The molecular weight excluding hydrogens is 188 g/mol. The molecule has 1 aromatic rings. The molecule has 0 spiro atoms. The van der Waals surface area contributed by atoms with Gasteiger partial charge in [-0.1, -0.05) is 0 Å². The zero-order chi connectivity index (χ0) is 10.8. The standard InChI is InChI=1S/C12H18N2O/c1-9(15)12-7-6-11(8-13-12)14(2)10-4-3-5-10/h6-10,15H,3-5H2,1-2H3/t9-/m1/s1. The molecule has 0 aromatic carbocycles. The van der Waals surface area contributed by atoms with E-state index >= 15 is 0 Å². The molecule has 1 atom stereocenters. The number of rotatable bonds is 3. The molecule has 0 bridgehead atoms. The quantitative estimate of drug-likeness (QED) is 0.823. The molecular formula is C12H18N2O. The summed E-state index contributed by atoms with van der Waals surface area (Å²) in [7, 11) is 2.11. The predicted octanol–water partition coefficient (Wildman–Crippen LogP) is 2.12. The summed E-state index contributed by atoms with van der Waals surface area (Å²) in [6.07, 6.45) is 5.28. The second kappa shape index (κ2) is 4.19. The Hall–Kier alpha value is -1.09. The van der Waals surface area contributed by atoms with Gasteiger partial charge < -0.3 is 10.0 Å². The number of aromatic nitrogens is 1. The number of nitrogens with zero attached hydrogens (tertiary/aromatic N) is 2. The lowest BCUT2D eigenvalue weighted by molar-refractivity contribution is 0.194. The maximum absolute atomic E-state index is 9.34. The summed E-state index contributed by atoms with van der Waals surface area (Å²) in [6.45, 7) is 1.73. The zero-order valence-electron chi connectivity index (χ0n) is 9.35. The first-order chi connectivity index (χ1) is 7.18. The predicted molar refractivity (Wildman–Crippen MR) is 60.9 cm³/mol. The van der Waals surface area contributed by atoms with Crippen molar-refractivity contribution in [1.82, 2.24) is 4.98 Å². The summed E-state index contributed by atoms with van der Waals surface area (Å²) in [5, 5.41) is 9.34. The average Bonchev–Trinajstić information content (AvgIpc) is 2.15. The first-order valence-electron chi connectivity index (χ1n) is 5.55. The largest absolute Gasteiger partial charge is 0.387 e. The van der Waals surface area contributed by atoms with E-state index in [1.807, 2.05) is 18.3 Å². The highest BCUT2D eigenvalue weighted by molar-refractivity contribution is 5.45. The molecule has 82 valence electrons. The minimum absolute atomic E-state index is 0.479. The van der Waals surface area contributed by atoms with Crippen LogP contribution in [0.1, 0.15) is 38.0 Å². The monoisotopic (exact) mass is 206 g/mol. The molecule has 0 saturated heterocycles. The van der Waals surface area contributed by atoms with E-state index in [4.69, 9.17) is 0 Å². The molecule has 0 unspecified atom stereocenters. The fraction of sp³-hybridized carbons (Fsp3) is 0.583. The van der Waals surface area contributed by atoms with Crippen molar-refractivity contribution in [2.24, 2.45) is 0 Å². The molecule has 0 radical (unpaired) electrons. The van der Waals surface area contributed by atoms with Gasteiger partial charge in [0.05, 0.1) is 23.7 Å². The average molecular weight is 206 g/mol. The van der Waals surface area contributed by atoms with Crippen molar-refractivity contribution in [3.8, 4) is 0 Å². The number of pyridine rings is 1. The highest BCUT2D eigenvalue weighted by Gasteiger charge is 2.22. The molecule has 0 amide bonds. The maximum Gasteiger partial charge on any atom is 0.0931 e. The minimum Gasteiger partial charge on any atom is -0.387 e. The van der Waals surface area contributed by atoms with E-state index < -0.39 is 6.10 Å². The number of aliphatic hydroxyl groups is 1. The van der Waals surface area contributed by atoms with Gasteiger partial charge in [-0.15, -0.1) is 0 Å². The van der Waals surface area contributed by atoms with Gasteiger partial charge in [0, 0.05) is 13.1 Å². The third-order valence-corrected chi connectivity index (χ3v) is 3.23. The van der Waals surface area contributed by atoms with Gasteiger partial charge in [-0.05, 0) is 38.3 Å². The lowest BCUT2D eigenvalue weighted by Crippen LogP contribution is -2.37. The normalized spacial score (nSPS) is 18.3. The summed E-state index contributed by atoms with van der Waals surface area (Å²) in [5.41, 5.74) is 1.88. The van der Waals surface area contributed by atoms with Crippen molar-refractivity contribution in [2.45, 2.75) is 38.3 Å². The molecule has 1 N–H and O–H groups in total. The Morgan fingerprint density at radius 3 is 2.60 bits per heavy atom. The number of hydrogen-bond acceptors (Lipinski definition) is 3. The lowest BCUT2D eigenvalue weighted by atomic mass is 9.91. The molecule has 1 fully saturated rings. The van der Waals surface area contributed by atoms with Crippen molar-refractivity contribution in [2.75, 3.05) is 11.9 Å². The van der Waals surface area contributed by atoms with Crippen LogP contribution >= 0.6 is 0 Å². The summed E-state index contributed by atoms with van der Waals surface area (Å²) in [5.74, 6) is 0. The van der Waals surface area contributed by atoms with Crippen LogP contribution in [0, 0.1) is 0 Å². The van der Waals surface area contributed by atoms with Crippen LogP contribution in [-0.4, -0.2) is 23.2 Å². The molecule has 2 rings (SSSR count). The van der Waals surface area contributed by atoms with Gasteiger partial charge in [0.1, 0.15) is 0 Å². The third kappa shape index (κ3) is 2.12. The van der Waals surface area contributed by atoms with Gasteiger partial charge in [-0.2, -0.15) is 0 Å². The van der Waals surface area contributed by atoms with Gasteiger partial charge >= 0.3 is 0 Å². The summed E-state index contributed by atoms with van der Waals surface area (Å²) >= 11 is 0. The van der Waals surface area contributed by atoms with E-state index in [0.29, 0.717) is 6.04 Å². The smallest absolute Gasteiger partial charge is 0.0931 e. The maximum atomic E-state index is 9.34. The van der Waals surface area contributed by atoms with E-state index in [9.17, 15) is 5.11 Å². The van der Waals surface area contributed by atoms with E-state index in [-0.39, 0.29) is 0 Å². The van der Waals surface area contributed by atoms with Crippen molar-refractivity contribution in [3.63, 3.8) is 0 Å². The Morgan fingerprint density at radius 1 is 1.47 bits per heavy atom. The van der Waals surface area contributed by atoms with Crippen LogP contribution in [0.2, 0.25) is 0 Å². The van der Waals surface area contributed by atoms with Crippen LogP contribution < -0.4 is 4.90 Å². The molecule has 1 saturated carbocycles. The van der Waals surface area contributed by atoms with E-state index in [1.54, 1.807) is 6.92 Å². The molecule has 1 aromatic heterocycles. The van der Waals surface area contributed by atoms with E-state index in [1.165, 1.54) is 19.3 Å². The molecule has 15 heavy (non-hydrogen) atoms. The van der Waals surface area contributed by atoms with E-state index in [2.05, 4.69) is 16.9 Å². The minimum atomic E-state index is -0.479. The van der Waals surface area contributed by atoms with Crippen molar-refractivity contribution >= 4 is 5.69 Å². The molecule has 3 heteroatoms.